The first-order valence-electron chi connectivity index (χ1n) is 6.30. The van der Waals surface area contributed by atoms with Crippen LogP contribution < -0.4 is 0 Å². The van der Waals surface area contributed by atoms with Gasteiger partial charge in [0.15, 0.2) is 11.6 Å². The Balaban J connectivity index is 5.62. The third-order valence-corrected chi connectivity index (χ3v) is 3.59. The zero-order chi connectivity index (χ0) is 18.9. The van der Waals surface area contributed by atoms with E-state index in [1.807, 2.05) is 0 Å². The molecule has 0 N–H and O–H groups in total. The van der Waals surface area contributed by atoms with Gasteiger partial charge in [0.2, 0.25) is 5.92 Å². The molecule has 0 amide bonds. The monoisotopic (exact) mass is 360 g/mol. The van der Waals surface area contributed by atoms with Crippen molar-refractivity contribution in [3.8, 4) is 0 Å². The van der Waals surface area contributed by atoms with Crippen molar-refractivity contribution in [3.05, 3.63) is 0 Å². The summed E-state index contributed by atoms with van der Waals surface area (Å²) in [7, 11) is 0. The van der Waals surface area contributed by atoms with Crippen LogP contribution >= 0.6 is 0 Å². The first-order chi connectivity index (χ1) is 10.0. The van der Waals surface area contributed by atoms with Crippen LogP contribution in [0.2, 0.25) is 0 Å². The number of carbonyl (C=O) groups is 2. The molecule has 0 fully saturated rings. The summed E-state index contributed by atoms with van der Waals surface area (Å²) in [5.74, 6) is -9.14. The van der Waals surface area contributed by atoms with Crippen molar-refractivity contribution in [2.24, 2.45) is 11.3 Å². The highest BCUT2D eigenvalue weighted by Gasteiger charge is 2.63. The van der Waals surface area contributed by atoms with E-state index >= 15 is 0 Å². The number of rotatable bonds is 6. The second kappa shape index (κ2) is 6.68. The molecule has 0 saturated heterocycles. The Bertz CT molecular complexity index is 427. The highest BCUT2D eigenvalue weighted by Crippen LogP contribution is 2.46. The van der Waals surface area contributed by atoms with Crippen molar-refractivity contribution in [2.75, 3.05) is 0 Å². The van der Waals surface area contributed by atoms with Gasteiger partial charge in [0.1, 0.15) is 5.41 Å². The highest BCUT2D eigenvalue weighted by atomic mass is 19.4. The maximum Gasteiger partial charge on any atom is 0.407 e. The Labute approximate surface area is 125 Å². The molecule has 0 aliphatic carbocycles. The maximum atomic E-state index is 13.0. The van der Waals surface area contributed by atoms with E-state index in [2.05, 4.69) is 0 Å². The van der Waals surface area contributed by atoms with Crippen LogP contribution in [0.4, 0.5) is 39.5 Å². The van der Waals surface area contributed by atoms with Gasteiger partial charge in [0, 0.05) is 0 Å². The first-order valence-corrected chi connectivity index (χ1v) is 6.30. The van der Waals surface area contributed by atoms with Crippen molar-refractivity contribution in [1.82, 2.24) is 0 Å². The van der Waals surface area contributed by atoms with Crippen LogP contribution in [0.3, 0.4) is 0 Å². The molecular formula is C12H13F9O2. The third kappa shape index (κ3) is 4.60. The summed E-state index contributed by atoms with van der Waals surface area (Å²) in [6.45, 7) is 1.81. The molecular weight excluding hydrogens is 347 g/mol. The number of hydrogen-bond acceptors (Lipinski definition) is 2. The van der Waals surface area contributed by atoms with Crippen molar-refractivity contribution in [1.29, 1.82) is 0 Å². The fourth-order valence-electron chi connectivity index (χ4n) is 2.18. The number of alkyl halides is 9. The minimum atomic E-state index is -6.05. The van der Waals surface area contributed by atoms with Crippen molar-refractivity contribution >= 4 is 11.6 Å². The van der Waals surface area contributed by atoms with E-state index in [1.54, 1.807) is 0 Å². The molecule has 0 spiro atoms. The largest absolute Gasteiger partial charge is 0.407 e. The second-order valence-corrected chi connectivity index (χ2v) is 4.87. The normalized spacial score (nSPS) is 14.3. The number of halogens is 9. The van der Waals surface area contributed by atoms with Crippen molar-refractivity contribution in [2.45, 2.75) is 51.6 Å². The summed E-state index contributed by atoms with van der Waals surface area (Å²) >= 11 is 0. The lowest BCUT2D eigenvalue weighted by molar-refractivity contribution is -0.273. The van der Waals surface area contributed by atoms with Gasteiger partial charge in [-0.1, -0.05) is 13.8 Å². The molecule has 0 bridgehead atoms. The van der Waals surface area contributed by atoms with E-state index in [4.69, 9.17) is 0 Å². The fourth-order valence-corrected chi connectivity index (χ4v) is 2.18. The van der Waals surface area contributed by atoms with E-state index in [1.165, 1.54) is 0 Å². The summed E-state index contributed by atoms with van der Waals surface area (Å²) < 4.78 is 113. The smallest absolute Gasteiger partial charge is 0.298 e. The number of Topliss-reactive ketones (excluding diaryl/α,β-unsaturated/α-hetero) is 2. The van der Waals surface area contributed by atoms with Gasteiger partial charge in [-0.05, 0) is 12.8 Å². The molecule has 0 rings (SSSR count). The standard InChI is InChI=1S/C12H13F9O2/c1-3-9(4-2,12(19,20)21)7(23)5-6(22)8(10(13,14)15)11(16,17)18/h8H,3-5H2,1-2H3. The van der Waals surface area contributed by atoms with E-state index in [-0.39, 0.29) is 0 Å². The summed E-state index contributed by atoms with van der Waals surface area (Å²) in [6, 6.07) is 0. The van der Waals surface area contributed by atoms with Gasteiger partial charge < -0.3 is 0 Å². The van der Waals surface area contributed by atoms with Crippen LogP contribution in [0.15, 0.2) is 0 Å². The zero-order valence-corrected chi connectivity index (χ0v) is 11.9. The first kappa shape index (κ1) is 21.7. The average molecular weight is 360 g/mol. The average Bonchev–Trinajstić information content (AvgIpc) is 2.24. The highest BCUT2D eigenvalue weighted by molar-refractivity contribution is 6.03. The van der Waals surface area contributed by atoms with Gasteiger partial charge in [-0.15, -0.1) is 0 Å². The molecule has 0 aromatic rings. The lowest BCUT2D eigenvalue weighted by Gasteiger charge is -2.32. The second-order valence-electron chi connectivity index (χ2n) is 4.87. The lowest BCUT2D eigenvalue weighted by atomic mass is 9.75. The van der Waals surface area contributed by atoms with E-state index in [0.29, 0.717) is 0 Å². The Morgan fingerprint density at radius 3 is 1.35 bits per heavy atom. The lowest BCUT2D eigenvalue weighted by Crippen LogP contribution is -2.48. The van der Waals surface area contributed by atoms with Gasteiger partial charge in [0.05, 0.1) is 6.42 Å². The van der Waals surface area contributed by atoms with Crippen LogP contribution in [0.5, 0.6) is 0 Å². The molecule has 136 valence electrons. The van der Waals surface area contributed by atoms with E-state index < -0.39 is 60.7 Å². The number of carbonyl (C=O) groups excluding carboxylic acids is 2. The zero-order valence-electron chi connectivity index (χ0n) is 11.9. The molecule has 23 heavy (non-hydrogen) atoms. The van der Waals surface area contributed by atoms with Crippen LogP contribution in [-0.2, 0) is 9.59 Å². The summed E-state index contributed by atoms with van der Waals surface area (Å²) in [5.41, 5.74) is -3.15. The fraction of sp³-hybridized carbons (Fsp3) is 0.833. The minimum absolute atomic E-state index is 0.901. The predicted octanol–water partition coefficient (Wildman–Crippen LogP) is 4.62. The summed E-state index contributed by atoms with van der Waals surface area (Å²) in [4.78, 5) is 22.9. The Morgan fingerprint density at radius 2 is 1.13 bits per heavy atom. The van der Waals surface area contributed by atoms with Gasteiger partial charge >= 0.3 is 18.5 Å². The molecule has 0 unspecified atom stereocenters. The maximum absolute atomic E-state index is 13.0. The Hall–Kier alpha value is -1.29. The third-order valence-electron chi connectivity index (χ3n) is 3.59. The van der Waals surface area contributed by atoms with Gasteiger partial charge in [-0.3, -0.25) is 9.59 Å². The molecule has 0 aromatic carbocycles. The Kier molecular flexibility index (Phi) is 6.30. The quantitative estimate of drug-likeness (QED) is 0.512. The molecule has 11 heteroatoms. The molecule has 0 saturated carbocycles. The van der Waals surface area contributed by atoms with Crippen LogP contribution in [-0.4, -0.2) is 30.1 Å². The molecule has 0 heterocycles. The van der Waals surface area contributed by atoms with E-state index in [9.17, 15) is 49.1 Å². The van der Waals surface area contributed by atoms with E-state index in [0.717, 1.165) is 13.8 Å². The molecule has 0 aliphatic heterocycles. The predicted molar refractivity (Wildman–Crippen MR) is 59.3 cm³/mol. The van der Waals surface area contributed by atoms with Gasteiger partial charge in [-0.2, -0.15) is 39.5 Å². The SMILES string of the molecule is CCC(CC)(C(=O)CC(=O)C(C(F)(F)F)C(F)(F)F)C(F)(F)F. The van der Waals surface area contributed by atoms with Gasteiger partial charge in [0.25, 0.3) is 0 Å². The Morgan fingerprint density at radius 1 is 0.783 bits per heavy atom. The van der Waals surface area contributed by atoms with Crippen molar-refractivity contribution < 1.29 is 49.1 Å². The molecule has 2 nitrogen and oxygen atoms in total. The number of ketones is 2. The van der Waals surface area contributed by atoms with Gasteiger partial charge in [-0.25, -0.2) is 0 Å². The molecule has 0 radical (unpaired) electrons. The molecule has 0 aromatic heterocycles. The number of hydrogen-bond donors (Lipinski definition) is 0. The van der Waals surface area contributed by atoms with Crippen LogP contribution in [0.25, 0.3) is 0 Å². The summed E-state index contributed by atoms with van der Waals surface area (Å²) in [6.07, 6.45) is -21.2. The summed E-state index contributed by atoms with van der Waals surface area (Å²) in [5, 5.41) is 0. The minimum Gasteiger partial charge on any atom is -0.298 e. The van der Waals surface area contributed by atoms with Crippen LogP contribution in [0, 0.1) is 11.3 Å². The molecule has 0 atom stereocenters. The van der Waals surface area contributed by atoms with Crippen molar-refractivity contribution in [3.63, 3.8) is 0 Å². The topological polar surface area (TPSA) is 34.1 Å². The molecule has 0 aliphatic rings. The van der Waals surface area contributed by atoms with Crippen LogP contribution in [0.1, 0.15) is 33.1 Å².